The van der Waals surface area contributed by atoms with E-state index in [9.17, 15) is 4.39 Å². The van der Waals surface area contributed by atoms with Gasteiger partial charge in [0.2, 0.25) is 0 Å². The fraction of sp³-hybridized carbons (Fsp3) is 0.250. The Morgan fingerprint density at radius 2 is 1.80 bits per heavy atom. The van der Waals surface area contributed by atoms with Gasteiger partial charge in [-0.1, -0.05) is 48.0 Å². The summed E-state index contributed by atoms with van der Waals surface area (Å²) in [7, 11) is 1.92. The van der Waals surface area contributed by atoms with Crippen LogP contribution >= 0.6 is 11.6 Å². The summed E-state index contributed by atoms with van der Waals surface area (Å²) in [4.78, 5) is 2.01. The van der Waals surface area contributed by atoms with Crippen molar-refractivity contribution in [3.63, 3.8) is 0 Å². The Bertz CT molecular complexity index is 574. The number of halogens is 2. The van der Waals surface area contributed by atoms with E-state index >= 15 is 0 Å². The lowest BCUT2D eigenvalue weighted by atomic mass is 10.0. The summed E-state index contributed by atoms with van der Waals surface area (Å²) in [5.74, 6) is -0.228. The van der Waals surface area contributed by atoms with E-state index in [0.717, 1.165) is 5.56 Å². The van der Waals surface area contributed by atoms with Gasteiger partial charge < -0.3 is 5.73 Å². The largest absolute Gasteiger partial charge is 0.329 e. The van der Waals surface area contributed by atoms with Crippen LogP contribution in [0.25, 0.3) is 0 Å². The van der Waals surface area contributed by atoms with Gasteiger partial charge in [-0.3, -0.25) is 4.90 Å². The molecule has 0 saturated carbocycles. The van der Waals surface area contributed by atoms with Crippen LogP contribution in [0.4, 0.5) is 4.39 Å². The van der Waals surface area contributed by atoms with Crippen molar-refractivity contribution in [1.82, 2.24) is 4.90 Å². The Labute approximate surface area is 124 Å². The molecule has 2 aromatic rings. The lowest BCUT2D eigenvalue weighted by Crippen LogP contribution is -2.31. The first-order valence-electron chi connectivity index (χ1n) is 6.51. The summed E-state index contributed by atoms with van der Waals surface area (Å²) in [6, 6.07) is 14.2. The van der Waals surface area contributed by atoms with Crippen molar-refractivity contribution in [2.24, 2.45) is 5.73 Å². The number of rotatable bonds is 5. The molecule has 2 N–H and O–H groups in total. The van der Waals surface area contributed by atoms with Crippen molar-refractivity contribution in [3.8, 4) is 0 Å². The number of nitrogens with two attached hydrogens (primary N) is 1. The second-order valence-electron chi connectivity index (χ2n) is 4.78. The maximum absolute atomic E-state index is 13.9. The van der Waals surface area contributed by atoms with Crippen molar-refractivity contribution in [3.05, 3.63) is 70.5 Å². The third-order valence-corrected chi connectivity index (χ3v) is 3.77. The zero-order chi connectivity index (χ0) is 14.5. The first-order valence-corrected chi connectivity index (χ1v) is 6.89. The molecule has 2 aromatic carbocycles. The Balaban J connectivity index is 2.20. The minimum atomic E-state index is -0.228. The maximum atomic E-state index is 13.9. The van der Waals surface area contributed by atoms with Crippen LogP contribution in [0.1, 0.15) is 17.2 Å². The molecule has 0 bridgehead atoms. The topological polar surface area (TPSA) is 29.3 Å². The molecule has 0 amide bonds. The van der Waals surface area contributed by atoms with Crippen molar-refractivity contribution < 1.29 is 4.39 Å². The summed E-state index contributed by atoms with van der Waals surface area (Å²) in [6.07, 6.45) is 0. The molecule has 2 nitrogen and oxygen atoms in total. The van der Waals surface area contributed by atoms with E-state index in [1.807, 2.05) is 42.3 Å². The molecular weight excluding hydrogens is 275 g/mol. The lowest BCUT2D eigenvalue weighted by molar-refractivity contribution is 0.237. The van der Waals surface area contributed by atoms with Crippen LogP contribution in [0.3, 0.4) is 0 Å². The van der Waals surface area contributed by atoms with E-state index in [1.54, 1.807) is 12.1 Å². The van der Waals surface area contributed by atoms with Gasteiger partial charge in [0.1, 0.15) is 5.82 Å². The van der Waals surface area contributed by atoms with E-state index in [0.29, 0.717) is 23.7 Å². The molecule has 0 aliphatic carbocycles. The van der Waals surface area contributed by atoms with E-state index in [1.165, 1.54) is 6.07 Å². The fourth-order valence-electron chi connectivity index (χ4n) is 2.30. The second-order valence-corrected chi connectivity index (χ2v) is 5.19. The SMILES string of the molecule is CN(Cc1ccccc1Cl)C(CN)c1ccccc1F. The number of likely N-dealkylation sites (N-methyl/N-ethyl adjacent to an activating group) is 1. The zero-order valence-electron chi connectivity index (χ0n) is 11.4. The number of benzene rings is 2. The molecule has 1 atom stereocenters. The molecule has 0 heterocycles. The van der Waals surface area contributed by atoms with Gasteiger partial charge in [-0.15, -0.1) is 0 Å². The monoisotopic (exact) mass is 292 g/mol. The molecule has 0 aliphatic heterocycles. The molecule has 4 heteroatoms. The fourth-order valence-corrected chi connectivity index (χ4v) is 2.49. The normalized spacial score (nSPS) is 12.7. The highest BCUT2D eigenvalue weighted by atomic mass is 35.5. The predicted molar refractivity (Wildman–Crippen MR) is 81.1 cm³/mol. The molecule has 0 radical (unpaired) electrons. The summed E-state index contributed by atoms with van der Waals surface area (Å²) >= 11 is 6.16. The van der Waals surface area contributed by atoms with E-state index in [2.05, 4.69) is 0 Å². The summed E-state index contributed by atoms with van der Waals surface area (Å²) < 4.78 is 13.9. The molecule has 0 fully saturated rings. The van der Waals surface area contributed by atoms with Crippen molar-refractivity contribution in [2.75, 3.05) is 13.6 Å². The smallest absolute Gasteiger partial charge is 0.128 e. The zero-order valence-corrected chi connectivity index (χ0v) is 12.1. The standard InChI is InChI=1S/C16H18ClFN2/c1-20(11-12-6-2-4-8-14(12)17)16(10-19)13-7-3-5-9-15(13)18/h2-9,16H,10-11,19H2,1H3. The van der Waals surface area contributed by atoms with Crippen LogP contribution in [0.2, 0.25) is 5.02 Å². The Morgan fingerprint density at radius 1 is 1.15 bits per heavy atom. The third kappa shape index (κ3) is 3.37. The van der Waals surface area contributed by atoms with Crippen LogP contribution < -0.4 is 5.73 Å². The van der Waals surface area contributed by atoms with Crippen LogP contribution in [-0.4, -0.2) is 18.5 Å². The highest BCUT2D eigenvalue weighted by Crippen LogP contribution is 2.24. The molecular formula is C16H18ClFN2. The molecule has 20 heavy (non-hydrogen) atoms. The molecule has 0 aliphatic rings. The van der Waals surface area contributed by atoms with Gasteiger partial charge in [0.25, 0.3) is 0 Å². The van der Waals surface area contributed by atoms with Gasteiger partial charge in [-0.2, -0.15) is 0 Å². The molecule has 0 saturated heterocycles. The van der Waals surface area contributed by atoms with Crippen LogP contribution in [-0.2, 0) is 6.54 Å². The van der Waals surface area contributed by atoms with Crippen LogP contribution in [0, 0.1) is 5.82 Å². The molecule has 2 rings (SSSR count). The number of hydrogen-bond donors (Lipinski definition) is 1. The summed E-state index contributed by atoms with van der Waals surface area (Å²) in [5.41, 5.74) is 7.45. The van der Waals surface area contributed by atoms with Gasteiger partial charge in [-0.25, -0.2) is 4.39 Å². The van der Waals surface area contributed by atoms with Gasteiger partial charge in [0, 0.05) is 29.7 Å². The van der Waals surface area contributed by atoms with Gasteiger partial charge in [0.05, 0.1) is 0 Å². The Hall–Kier alpha value is -1.42. The maximum Gasteiger partial charge on any atom is 0.128 e. The van der Waals surface area contributed by atoms with E-state index < -0.39 is 0 Å². The number of nitrogens with zero attached hydrogens (tertiary/aromatic N) is 1. The predicted octanol–water partition coefficient (Wildman–Crippen LogP) is 3.61. The third-order valence-electron chi connectivity index (χ3n) is 3.40. The highest BCUT2D eigenvalue weighted by Gasteiger charge is 2.19. The summed E-state index contributed by atoms with van der Waals surface area (Å²) in [6.45, 7) is 0.970. The molecule has 0 spiro atoms. The van der Waals surface area contributed by atoms with Crippen LogP contribution in [0.15, 0.2) is 48.5 Å². The minimum Gasteiger partial charge on any atom is -0.329 e. The van der Waals surface area contributed by atoms with Gasteiger partial charge >= 0.3 is 0 Å². The highest BCUT2D eigenvalue weighted by molar-refractivity contribution is 6.31. The number of hydrogen-bond acceptors (Lipinski definition) is 2. The lowest BCUT2D eigenvalue weighted by Gasteiger charge is -2.28. The first-order chi connectivity index (χ1) is 9.63. The summed E-state index contributed by atoms with van der Waals surface area (Å²) in [5, 5.41) is 0.712. The van der Waals surface area contributed by atoms with Crippen LogP contribution in [0.5, 0.6) is 0 Å². The van der Waals surface area contributed by atoms with Gasteiger partial charge in [-0.05, 0) is 24.7 Å². The van der Waals surface area contributed by atoms with Crippen molar-refractivity contribution in [1.29, 1.82) is 0 Å². The van der Waals surface area contributed by atoms with Crippen molar-refractivity contribution in [2.45, 2.75) is 12.6 Å². The minimum absolute atomic E-state index is 0.174. The average Bonchev–Trinajstić information content (AvgIpc) is 2.44. The molecule has 0 aromatic heterocycles. The molecule has 106 valence electrons. The Kier molecular flexibility index (Phi) is 5.12. The van der Waals surface area contributed by atoms with Gasteiger partial charge in [0.15, 0.2) is 0 Å². The Morgan fingerprint density at radius 3 is 2.45 bits per heavy atom. The molecule has 1 unspecified atom stereocenters. The van der Waals surface area contributed by atoms with E-state index in [4.69, 9.17) is 17.3 Å². The average molecular weight is 293 g/mol. The van der Waals surface area contributed by atoms with E-state index in [-0.39, 0.29) is 11.9 Å². The quantitative estimate of drug-likeness (QED) is 0.912. The van der Waals surface area contributed by atoms with Crippen molar-refractivity contribution >= 4 is 11.6 Å². The first kappa shape index (κ1) is 15.0. The second kappa shape index (κ2) is 6.84.